The molecule has 0 aromatic heterocycles. The zero-order valence-corrected chi connectivity index (χ0v) is 10.4. The molecule has 0 bridgehead atoms. The van der Waals surface area contributed by atoms with E-state index in [1.807, 2.05) is 6.07 Å². The van der Waals surface area contributed by atoms with Gasteiger partial charge in [-0.3, -0.25) is 4.79 Å². The molecule has 0 aliphatic carbocycles. The van der Waals surface area contributed by atoms with Crippen LogP contribution < -0.4 is 15.0 Å². The van der Waals surface area contributed by atoms with Crippen LogP contribution in [-0.2, 0) is 22.6 Å². The number of amides is 1. The lowest BCUT2D eigenvalue weighted by Gasteiger charge is -2.28. The minimum absolute atomic E-state index is 0.00884. The molecule has 0 atom stereocenters. The number of hydrogen-bond acceptors (Lipinski definition) is 4. The van der Waals surface area contributed by atoms with Crippen molar-refractivity contribution in [1.29, 1.82) is 0 Å². The maximum Gasteiger partial charge on any atom is 0.253 e. The van der Waals surface area contributed by atoms with E-state index in [1.54, 1.807) is 12.0 Å². The van der Waals surface area contributed by atoms with Gasteiger partial charge in [0.25, 0.3) is 5.91 Å². The van der Waals surface area contributed by atoms with Gasteiger partial charge in [-0.2, -0.15) is 0 Å². The Balaban J connectivity index is 2.01. The lowest BCUT2D eigenvalue weighted by atomic mass is 10.1. The van der Waals surface area contributed by atoms with Crippen LogP contribution in [0.5, 0.6) is 5.75 Å². The summed E-state index contributed by atoms with van der Waals surface area (Å²) in [6, 6.07) is 4.07. The van der Waals surface area contributed by atoms with Gasteiger partial charge < -0.3 is 19.7 Å². The molecule has 2 aliphatic rings. The van der Waals surface area contributed by atoms with Crippen LogP contribution in [0, 0.1) is 0 Å². The summed E-state index contributed by atoms with van der Waals surface area (Å²) in [7, 11) is 1.64. The third kappa shape index (κ3) is 1.85. The Morgan fingerprint density at radius 1 is 1.33 bits per heavy atom. The molecular weight excluding hydrogens is 232 g/mol. The molecule has 96 valence electrons. The topological polar surface area (TPSA) is 50.8 Å². The second kappa shape index (κ2) is 4.59. The van der Waals surface area contributed by atoms with Crippen molar-refractivity contribution in [1.82, 2.24) is 5.32 Å². The molecule has 5 heteroatoms. The smallest absolute Gasteiger partial charge is 0.253 e. The second-order valence-corrected chi connectivity index (χ2v) is 4.49. The van der Waals surface area contributed by atoms with E-state index in [4.69, 9.17) is 9.47 Å². The zero-order valence-electron chi connectivity index (χ0n) is 10.4. The van der Waals surface area contributed by atoms with Crippen LogP contribution in [0.25, 0.3) is 0 Å². The monoisotopic (exact) mass is 248 g/mol. The average Bonchev–Trinajstić information content (AvgIpc) is 2.85. The van der Waals surface area contributed by atoms with Crippen LogP contribution in [0.3, 0.4) is 0 Å². The van der Waals surface area contributed by atoms with Crippen molar-refractivity contribution in [3.8, 4) is 5.75 Å². The number of methoxy groups -OCH3 is 1. The first kappa shape index (κ1) is 11.5. The van der Waals surface area contributed by atoms with Gasteiger partial charge >= 0.3 is 0 Å². The van der Waals surface area contributed by atoms with Crippen LogP contribution in [0.1, 0.15) is 11.1 Å². The summed E-state index contributed by atoms with van der Waals surface area (Å²) in [4.78, 5) is 13.6. The van der Waals surface area contributed by atoms with Crippen molar-refractivity contribution in [2.45, 2.75) is 13.1 Å². The number of carbonyl (C=O) groups is 1. The van der Waals surface area contributed by atoms with E-state index in [0.29, 0.717) is 13.2 Å². The van der Waals surface area contributed by atoms with Crippen LogP contribution in [0.4, 0.5) is 5.69 Å². The molecule has 2 heterocycles. The molecule has 1 saturated heterocycles. The lowest BCUT2D eigenvalue weighted by Crippen LogP contribution is -2.41. The molecule has 2 aliphatic heterocycles. The molecule has 0 spiro atoms. The minimum atomic E-state index is -0.00884. The van der Waals surface area contributed by atoms with E-state index < -0.39 is 0 Å². The van der Waals surface area contributed by atoms with Crippen LogP contribution in [0.15, 0.2) is 12.1 Å². The second-order valence-electron chi connectivity index (χ2n) is 4.49. The van der Waals surface area contributed by atoms with Gasteiger partial charge in [-0.1, -0.05) is 0 Å². The van der Waals surface area contributed by atoms with E-state index in [1.165, 1.54) is 11.1 Å². The largest absolute Gasteiger partial charge is 0.495 e. The molecule has 1 amide bonds. The summed E-state index contributed by atoms with van der Waals surface area (Å²) in [6.45, 7) is 3.03. The predicted octanol–water partition coefficient (Wildman–Crippen LogP) is 0.662. The molecule has 18 heavy (non-hydrogen) atoms. The van der Waals surface area contributed by atoms with Gasteiger partial charge in [0.2, 0.25) is 0 Å². The molecule has 5 nitrogen and oxygen atoms in total. The highest BCUT2D eigenvalue weighted by Gasteiger charge is 2.25. The molecule has 1 aromatic carbocycles. The number of fused-ring (bicyclic) bond motifs is 1. The quantitative estimate of drug-likeness (QED) is 0.835. The highest BCUT2D eigenvalue weighted by molar-refractivity contribution is 5.96. The number of rotatable bonds is 2. The maximum atomic E-state index is 11.9. The molecule has 1 fully saturated rings. The highest BCUT2D eigenvalue weighted by atomic mass is 16.5. The van der Waals surface area contributed by atoms with Crippen molar-refractivity contribution in [2.24, 2.45) is 0 Å². The number of hydrogen-bond donors (Lipinski definition) is 1. The summed E-state index contributed by atoms with van der Waals surface area (Å²) in [6.07, 6.45) is 0. The average molecular weight is 248 g/mol. The van der Waals surface area contributed by atoms with Gasteiger partial charge in [-0.15, -0.1) is 0 Å². The molecule has 1 aromatic rings. The number of nitrogens with zero attached hydrogens (tertiary/aromatic N) is 1. The fourth-order valence-corrected chi connectivity index (χ4v) is 2.46. The van der Waals surface area contributed by atoms with Crippen molar-refractivity contribution in [3.63, 3.8) is 0 Å². The third-order valence-corrected chi connectivity index (χ3v) is 3.41. The Hall–Kier alpha value is -1.59. The Bertz CT molecular complexity index is 487. The van der Waals surface area contributed by atoms with Gasteiger partial charge in [-0.05, 0) is 23.3 Å². The van der Waals surface area contributed by atoms with E-state index >= 15 is 0 Å². The summed E-state index contributed by atoms with van der Waals surface area (Å²) < 4.78 is 10.6. The fourth-order valence-electron chi connectivity index (χ4n) is 2.46. The molecule has 0 unspecified atom stereocenters. The van der Waals surface area contributed by atoms with E-state index in [0.717, 1.165) is 24.5 Å². The van der Waals surface area contributed by atoms with Crippen molar-refractivity contribution < 1.29 is 14.3 Å². The first-order valence-electron chi connectivity index (χ1n) is 6.08. The van der Waals surface area contributed by atoms with Crippen molar-refractivity contribution in [3.05, 3.63) is 23.3 Å². The van der Waals surface area contributed by atoms with Crippen molar-refractivity contribution >= 4 is 11.6 Å². The van der Waals surface area contributed by atoms with Crippen LogP contribution >= 0.6 is 0 Å². The van der Waals surface area contributed by atoms with Crippen LogP contribution in [0.2, 0.25) is 0 Å². The zero-order chi connectivity index (χ0) is 12.5. The van der Waals surface area contributed by atoms with E-state index in [9.17, 15) is 4.79 Å². The minimum Gasteiger partial charge on any atom is -0.495 e. The summed E-state index contributed by atoms with van der Waals surface area (Å²) in [5.74, 6) is 0.748. The summed E-state index contributed by atoms with van der Waals surface area (Å²) in [5, 5.41) is 3.30. The SMILES string of the molecule is COc1cc2c(cc1N1CCOCC1=O)CNC2. The summed E-state index contributed by atoms with van der Waals surface area (Å²) >= 11 is 0. The molecular formula is C13H16N2O3. The van der Waals surface area contributed by atoms with Gasteiger partial charge in [0, 0.05) is 19.6 Å². The molecule has 1 N–H and O–H groups in total. The fraction of sp³-hybridized carbons (Fsp3) is 0.462. The Kier molecular flexibility index (Phi) is 2.93. The van der Waals surface area contributed by atoms with Gasteiger partial charge in [0.05, 0.1) is 19.4 Å². The summed E-state index contributed by atoms with van der Waals surface area (Å²) in [5.41, 5.74) is 3.34. The Morgan fingerprint density at radius 2 is 2.11 bits per heavy atom. The van der Waals surface area contributed by atoms with Crippen molar-refractivity contribution in [2.75, 3.05) is 31.8 Å². The first-order valence-corrected chi connectivity index (χ1v) is 6.08. The number of anilines is 1. The molecule has 0 radical (unpaired) electrons. The number of carbonyl (C=O) groups excluding carboxylic acids is 1. The molecule has 3 rings (SSSR count). The van der Waals surface area contributed by atoms with Gasteiger partial charge in [0.15, 0.2) is 0 Å². The Labute approximate surface area is 106 Å². The standard InChI is InChI=1S/C13H16N2O3/c1-17-12-5-10-7-14-6-9(10)4-11(12)15-2-3-18-8-13(15)16/h4-5,14H,2-3,6-8H2,1H3. The normalized spacial score (nSPS) is 18.9. The third-order valence-electron chi connectivity index (χ3n) is 3.41. The Morgan fingerprint density at radius 3 is 2.83 bits per heavy atom. The highest BCUT2D eigenvalue weighted by Crippen LogP contribution is 2.34. The number of nitrogens with one attached hydrogen (secondary N) is 1. The van der Waals surface area contributed by atoms with E-state index in [2.05, 4.69) is 11.4 Å². The predicted molar refractivity (Wildman–Crippen MR) is 66.7 cm³/mol. The lowest BCUT2D eigenvalue weighted by molar-refractivity contribution is -0.125. The molecule has 0 saturated carbocycles. The van der Waals surface area contributed by atoms with Crippen LogP contribution in [-0.4, -0.2) is 32.8 Å². The van der Waals surface area contributed by atoms with E-state index in [-0.39, 0.29) is 12.5 Å². The number of benzene rings is 1. The number of ether oxygens (including phenoxy) is 2. The first-order chi connectivity index (χ1) is 8.79. The van der Waals surface area contributed by atoms with Gasteiger partial charge in [-0.25, -0.2) is 0 Å². The van der Waals surface area contributed by atoms with Gasteiger partial charge in [0.1, 0.15) is 12.4 Å². The maximum absolute atomic E-state index is 11.9. The number of morpholine rings is 1.